The van der Waals surface area contributed by atoms with Gasteiger partial charge in [0.25, 0.3) is 11.6 Å². The molecular weight excluding hydrogens is 950 g/mol. The van der Waals surface area contributed by atoms with E-state index in [0.717, 1.165) is 45.8 Å². The number of hydrogen-bond donors (Lipinski definition) is 0. The van der Waals surface area contributed by atoms with E-state index in [2.05, 4.69) is 178 Å². The van der Waals surface area contributed by atoms with Gasteiger partial charge in [0.05, 0.1) is 14.1 Å². The molecule has 0 spiro atoms. The van der Waals surface area contributed by atoms with E-state index in [9.17, 15) is 50.4 Å². The van der Waals surface area contributed by atoms with E-state index in [-0.39, 0.29) is 0 Å². The van der Waals surface area contributed by atoms with Crippen molar-refractivity contribution in [2.24, 2.45) is 14.1 Å². The second-order valence-electron chi connectivity index (χ2n) is 15.0. The molecule has 0 atom stereocenters. The first-order chi connectivity index (χ1) is 31.4. The molecule has 4 aromatic carbocycles. The molecule has 0 saturated carbocycles. The van der Waals surface area contributed by atoms with Gasteiger partial charge in [-0.2, -0.15) is 9.13 Å². The predicted molar refractivity (Wildman–Crippen MR) is 246 cm³/mol. The van der Waals surface area contributed by atoms with Crippen molar-refractivity contribution in [3.05, 3.63) is 228 Å². The molecule has 4 aromatic heterocycles. The molecule has 68 heavy (non-hydrogen) atoms. The molecule has 6 nitrogen and oxygen atoms in total. The minimum atomic E-state index is -10.7. The summed E-state index contributed by atoms with van der Waals surface area (Å²) in [5.41, 5.74) is 9.25. The standard InChI is InChI=1S/2C24H22N3.2F6P/c2*1-19-26(2)18-23(27(19)24-15-9-10-16-25-24)22(21-13-7-4-8-14-21)17-20-11-5-3-6-12-20;2*1-7(2,3,4,5)6/h2*3-18H,1-2H3;;/q2*+1;2*-1/b2*22-17+;;. The number of nitrogens with zero attached hydrogens (tertiary/aromatic N) is 6. The topological polar surface area (TPSA) is 43.4 Å². The van der Waals surface area contributed by atoms with Gasteiger partial charge in [0.1, 0.15) is 12.4 Å². The fraction of sp³-hybridized carbons (Fsp3) is 0.0833. The van der Waals surface area contributed by atoms with Crippen LogP contribution < -0.4 is 9.13 Å². The Bertz CT molecular complexity index is 2760. The molecule has 0 aliphatic carbocycles. The average Bonchev–Trinajstić information content (AvgIpc) is 3.73. The average molecular weight is 995 g/mol. The summed E-state index contributed by atoms with van der Waals surface area (Å²) in [4.78, 5) is 9.18. The predicted octanol–water partition coefficient (Wildman–Crippen LogP) is 16.0. The number of aryl methyl sites for hydroxylation is 2. The van der Waals surface area contributed by atoms with Crippen molar-refractivity contribution in [3.8, 4) is 11.6 Å². The summed E-state index contributed by atoms with van der Waals surface area (Å²) in [7, 11) is -17.2. The normalized spacial score (nSPS) is 13.9. The van der Waals surface area contributed by atoms with Gasteiger partial charge in [-0.05, 0) is 46.5 Å². The molecule has 4 heterocycles. The van der Waals surface area contributed by atoms with Crippen LogP contribution in [0, 0.1) is 13.8 Å². The zero-order chi connectivity index (χ0) is 50.1. The van der Waals surface area contributed by atoms with E-state index < -0.39 is 15.6 Å². The number of aromatic nitrogens is 6. The number of halogens is 12. The van der Waals surface area contributed by atoms with Crippen molar-refractivity contribution in [1.82, 2.24) is 19.1 Å². The van der Waals surface area contributed by atoms with Gasteiger partial charge in [-0.25, -0.2) is 19.1 Å². The Morgan fingerprint density at radius 1 is 0.412 bits per heavy atom. The van der Waals surface area contributed by atoms with Crippen LogP contribution in [0.4, 0.5) is 50.4 Å². The van der Waals surface area contributed by atoms with Gasteiger partial charge in [-0.1, -0.05) is 133 Å². The van der Waals surface area contributed by atoms with Crippen LogP contribution in [0.2, 0.25) is 0 Å². The van der Waals surface area contributed by atoms with Crippen LogP contribution in [0.15, 0.2) is 183 Å². The Balaban J connectivity index is 0.000000199. The molecule has 20 heteroatoms. The number of imidazole rings is 2. The summed E-state index contributed by atoms with van der Waals surface area (Å²) >= 11 is 0. The van der Waals surface area contributed by atoms with Gasteiger partial charge in [-0.15, -0.1) is 0 Å². The number of pyridine rings is 2. The van der Waals surface area contributed by atoms with Gasteiger partial charge in [0.15, 0.2) is 11.4 Å². The van der Waals surface area contributed by atoms with E-state index in [1.807, 2.05) is 73.1 Å². The van der Waals surface area contributed by atoms with Gasteiger partial charge in [0, 0.05) is 49.5 Å². The third-order valence-corrected chi connectivity index (χ3v) is 9.48. The Labute approximate surface area is 383 Å². The second-order valence-corrected chi connectivity index (χ2v) is 18.8. The van der Waals surface area contributed by atoms with E-state index >= 15 is 0 Å². The van der Waals surface area contributed by atoms with Crippen molar-refractivity contribution in [3.63, 3.8) is 0 Å². The number of benzene rings is 4. The quantitative estimate of drug-likeness (QED) is 0.0659. The van der Waals surface area contributed by atoms with Crippen LogP contribution in [0.25, 0.3) is 34.9 Å². The third-order valence-electron chi connectivity index (χ3n) is 9.48. The van der Waals surface area contributed by atoms with E-state index in [1.165, 1.54) is 22.3 Å². The van der Waals surface area contributed by atoms with Crippen molar-refractivity contribution >= 4 is 38.9 Å². The molecule has 0 bridgehead atoms. The van der Waals surface area contributed by atoms with Gasteiger partial charge >= 0.3 is 66.0 Å². The first-order valence-corrected chi connectivity index (χ1v) is 24.2. The summed E-state index contributed by atoms with van der Waals surface area (Å²) in [6, 6.07) is 53.9. The molecule has 0 amide bonds. The third kappa shape index (κ3) is 18.1. The van der Waals surface area contributed by atoms with Crippen molar-refractivity contribution in [2.75, 3.05) is 0 Å². The first kappa shape index (κ1) is 52.1. The van der Waals surface area contributed by atoms with Gasteiger partial charge < -0.3 is 0 Å². The van der Waals surface area contributed by atoms with E-state index in [0.29, 0.717) is 0 Å². The van der Waals surface area contributed by atoms with Crippen LogP contribution in [0.5, 0.6) is 0 Å². The summed E-state index contributed by atoms with van der Waals surface area (Å²) < 4.78 is 127. The van der Waals surface area contributed by atoms with Crippen molar-refractivity contribution in [2.45, 2.75) is 13.8 Å². The fourth-order valence-electron chi connectivity index (χ4n) is 6.54. The molecular formula is C48H44F12N6P2. The minimum absolute atomic E-state index is 0.917. The molecule has 0 N–H and O–H groups in total. The second kappa shape index (κ2) is 19.0. The van der Waals surface area contributed by atoms with Gasteiger partial charge in [-0.3, -0.25) is 0 Å². The van der Waals surface area contributed by atoms with E-state index in [1.54, 1.807) is 0 Å². The molecule has 8 rings (SSSR count). The zero-order valence-electron chi connectivity index (χ0n) is 36.6. The maximum atomic E-state index is 9.87. The number of hydrogen-bond acceptors (Lipinski definition) is 2. The van der Waals surface area contributed by atoms with Gasteiger partial charge in [0.2, 0.25) is 11.6 Å². The number of rotatable bonds is 8. The molecule has 0 aliphatic heterocycles. The Morgan fingerprint density at radius 3 is 0.941 bits per heavy atom. The maximum absolute atomic E-state index is 10.7. The molecule has 0 radical (unpaired) electrons. The van der Waals surface area contributed by atoms with Crippen molar-refractivity contribution in [1.29, 1.82) is 0 Å². The molecule has 0 unspecified atom stereocenters. The molecule has 360 valence electrons. The van der Waals surface area contributed by atoms with E-state index in [4.69, 9.17) is 0 Å². The SMILES string of the molecule is Cc1n(-c2ccccn2)c(/C(=C/c2ccccc2)c2ccccc2)c[n+]1C.Cc1n(-c2ccccn2)c(/C(=C/c2ccccc2)c2ccccc2)c[n+]1C.F[P-](F)(F)(F)(F)F.F[P-](F)(F)(F)(F)F. The fourth-order valence-corrected chi connectivity index (χ4v) is 6.54. The zero-order valence-corrected chi connectivity index (χ0v) is 38.4. The molecule has 0 fully saturated rings. The van der Waals surface area contributed by atoms with Crippen LogP contribution in [-0.4, -0.2) is 19.1 Å². The summed E-state index contributed by atoms with van der Waals surface area (Å²) in [6.45, 7) is 4.23. The first-order valence-electron chi connectivity index (χ1n) is 20.1. The monoisotopic (exact) mass is 994 g/mol. The Kier molecular flexibility index (Phi) is 14.6. The Hall–Kier alpha value is -6.90. The van der Waals surface area contributed by atoms with Crippen LogP contribution in [-0.2, 0) is 14.1 Å². The summed E-state index contributed by atoms with van der Waals surface area (Å²) in [5, 5.41) is 0. The molecule has 8 aromatic rings. The molecule has 0 saturated heterocycles. The van der Waals surface area contributed by atoms with Crippen LogP contribution in [0.3, 0.4) is 0 Å². The van der Waals surface area contributed by atoms with Crippen molar-refractivity contribution < 1.29 is 59.5 Å². The van der Waals surface area contributed by atoms with Crippen LogP contribution >= 0.6 is 15.6 Å². The van der Waals surface area contributed by atoms with Crippen LogP contribution in [0.1, 0.15) is 45.3 Å². The molecule has 0 aliphatic rings. The summed E-state index contributed by atoms with van der Waals surface area (Å²) in [5.74, 6) is 4.08. The summed E-state index contributed by atoms with van der Waals surface area (Å²) in [6.07, 6.45) is 12.5. The Morgan fingerprint density at radius 2 is 0.676 bits per heavy atom.